The first kappa shape index (κ1) is 24.4. The second-order valence-electron chi connectivity index (χ2n) is 8.73. The van der Waals surface area contributed by atoms with E-state index in [0.29, 0.717) is 23.1 Å². The number of carbonyl (C=O) groups excluding carboxylic acids is 2. The molecule has 1 atom stereocenters. The Hall–Kier alpha value is -3.72. The molecule has 1 saturated heterocycles. The van der Waals surface area contributed by atoms with Crippen LogP contribution >= 0.6 is 11.6 Å². The third kappa shape index (κ3) is 5.35. The van der Waals surface area contributed by atoms with Crippen molar-refractivity contribution < 1.29 is 9.59 Å². The van der Waals surface area contributed by atoms with Gasteiger partial charge in [-0.05, 0) is 43.0 Å². The minimum Gasteiger partial charge on any atom is -0.368 e. The van der Waals surface area contributed by atoms with Gasteiger partial charge in [0.1, 0.15) is 6.54 Å². The van der Waals surface area contributed by atoms with Crippen molar-refractivity contribution in [3.8, 4) is 11.1 Å². The topological polar surface area (TPSA) is 114 Å². The van der Waals surface area contributed by atoms with E-state index < -0.39 is 11.5 Å². The molecule has 3 aromatic rings. The van der Waals surface area contributed by atoms with Crippen molar-refractivity contribution >= 4 is 29.4 Å². The fraction of sp³-hybridized carbons (Fsp3) is 0.320. The molecule has 0 saturated carbocycles. The van der Waals surface area contributed by atoms with Crippen LogP contribution in [-0.2, 0) is 11.3 Å². The molecule has 4 rings (SSSR count). The van der Waals surface area contributed by atoms with Gasteiger partial charge in [0.05, 0.1) is 17.3 Å². The van der Waals surface area contributed by atoms with Crippen LogP contribution in [0.3, 0.4) is 0 Å². The van der Waals surface area contributed by atoms with E-state index in [0.717, 1.165) is 40.7 Å². The number of benzene rings is 1. The Morgan fingerprint density at radius 2 is 2.00 bits per heavy atom. The minimum absolute atomic E-state index is 0.241. The van der Waals surface area contributed by atoms with Gasteiger partial charge in [-0.15, -0.1) is 0 Å². The van der Waals surface area contributed by atoms with Gasteiger partial charge in [0.15, 0.2) is 0 Å². The molecule has 3 heterocycles. The molecule has 2 N–H and O–H groups in total. The van der Waals surface area contributed by atoms with Crippen molar-refractivity contribution in [2.45, 2.75) is 31.8 Å². The Balaban J connectivity index is 1.78. The summed E-state index contributed by atoms with van der Waals surface area (Å²) in [5.74, 6) is -0.357. The number of amides is 2. The van der Waals surface area contributed by atoms with Crippen molar-refractivity contribution in [2.75, 3.05) is 25.5 Å². The maximum absolute atomic E-state index is 13.7. The Bertz CT molecular complexity index is 1320. The average molecular weight is 495 g/mol. The van der Waals surface area contributed by atoms with Gasteiger partial charge in [0, 0.05) is 49.7 Å². The number of hydrogen-bond acceptors (Lipinski definition) is 6. The molecular weight excluding hydrogens is 468 g/mol. The van der Waals surface area contributed by atoms with E-state index in [-0.39, 0.29) is 18.5 Å². The molecule has 1 aromatic carbocycles. The zero-order chi connectivity index (χ0) is 25.1. The fourth-order valence-electron chi connectivity index (χ4n) is 4.31. The van der Waals surface area contributed by atoms with Crippen molar-refractivity contribution in [1.82, 2.24) is 19.4 Å². The van der Waals surface area contributed by atoms with Crippen LogP contribution in [0.1, 0.15) is 41.4 Å². The van der Waals surface area contributed by atoms with E-state index in [1.165, 1.54) is 18.3 Å². The predicted molar refractivity (Wildman–Crippen MR) is 134 cm³/mol. The highest BCUT2D eigenvalue weighted by Gasteiger charge is 2.32. The second-order valence-corrected chi connectivity index (χ2v) is 9.17. The molecular formula is C25H27ClN6O3. The molecule has 35 heavy (non-hydrogen) atoms. The lowest BCUT2D eigenvalue weighted by Gasteiger charge is -2.36. The fourth-order valence-corrected chi connectivity index (χ4v) is 4.50. The largest absolute Gasteiger partial charge is 0.368 e. The van der Waals surface area contributed by atoms with Gasteiger partial charge in [-0.25, -0.2) is 9.97 Å². The first-order valence-corrected chi connectivity index (χ1v) is 11.7. The molecule has 0 unspecified atom stereocenters. The number of nitrogens with zero attached hydrogens (tertiary/aromatic N) is 5. The number of anilines is 1. The molecule has 1 aliphatic rings. The van der Waals surface area contributed by atoms with Gasteiger partial charge in [-0.2, -0.15) is 0 Å². The normalized spacial score (nSPS) is 15.6. The highest BCUT2D eigenvalue weighted by molar-refractivity contribution is 6.30. The summed E-state index contributed by atoms with van der Waals surface area (Å²) in [5.41, 5.74) is 7.58. The maximum atomic E-state index is 13.7. The van der Waals surface area contributed by atoms with Crippen molar-refractivity contribution in [1.29, 1.82) is 0 Å². The van der Waals surface area contributed by atoms with Crippen LogP contribution < -0.4 is 16.2 Å². The standard InChI is InChI=1S/C25H27ClN6O3/c1-30(2)25-28-13-19(16-6-5-7-18(26)12-16)23(29-25)20-8-3-4-11-32(20)24(35)17-9-10-22(34)31(14-17)15-21(27)33/h5-7,9-10,12-14,20H,3-4,8,11,15H2,1-2H3,(H2,27,33)/t20-/m0/s1. The lowest BCUT2D eigenvalue weighted by Crippen LogP contribution is -2.40. The highest BCUT2D eigenvalue weighted by Crippen LogP contribution is 2.37. The molecule has 1 fully saturated rings. The lowest BCUT2D eigenvalue weighted by molar-refractivity contribution is -0.118. The van der Waals surface area contributed by atoms with Crippen LogP contribution in [0.15, 0.2) is 53.6 Å². The van der Waals surface area contributed by atoms with Crippen LogP contribution in [0.4, 0.5) is 5.95 Å². The number of rotatable bonds is 6. The van der Waals surface area contributed by atoms with Gasteiger partial charge in [-0.3, -0.25) is 14.4 Å². The first-order chi connectivity index (χ1) is 16.7. The molecule has 2 aromatic heterocycles. The SMILES string of the molecule is CN(C)c1ncc(-c2cccc(Cl)c2)c([C@@H]2CCCCN2C(=O)c2ccc(=O)n(CC(N)=O)c2)n1. The summed E-state index contributed by atoms with van der Waals surface area (Å²) in [4.78, 5) is 50.1. The number of piperidine rings is 1. The summed E-state index contributed by atoms with van der Waals surface area (Å²) in [6.45, 7) is 0.245. The van der Waals surface area contributed by atoms with Gasteiger partial charge in [-0.1, -0.05) is 23.7 Å². The predicted octanol–water partition coefficient (Wildman–Crippen LogP) is 2.88. The third-order valence-corrected chi connectivity index (χ3v) is 6.21. The summed E-state index contributed by atoms with van der Waals surface area (Å²) in [6.07, 6.45) is 5.68. The van der Waals surface area contributed by atoms with Gasteiger partial charge < -0.3 is 20.1 Å². The Morgan fingerprint density at radius 3 is 2.71 bits per heavy atom. The number of hydrogen-bond donors (Lipinski definition) is 1. The van der Waals surface area contributed by atoms with E-state index in [9.17, 15) is 14.4 Å². The third-order valence-electron chi connectivity index (χ3n) is 5.98. The summed E-state index contributed by atoms with van der Waals surface area (Å²) in [5, 5.41) is 0.596. The lowest BCUT2D eigenvalue weighted by atomic mass is 9.93. The number of likely N-dealkylation sites (tertiary alicyclic amines) is 1. The summed E-state index contributed by atoms with van der Waals surface area (Å²) in [6, 6.07) is 9.93. The number of aromatic nitrogens is 3. The van der Waals surface area contributed by atoms with E-state index in [1.54, 1.807) is 17.2 Å². The number of pyridine rings is 1. The van der Waals surface area contributed by atoms with Gasteiger partial charge in [0.25, 0.3) is 11.5 Å². The smallest absolute Gasteiger partial charge is 0.255 e. The Kier molecular flexibility index (Phi) is 7.16. The molecule has 2 amide bonds. The van der Waals surface area contributed by atoms with Crippen LogP contribution in [0, 0.1) is 0 Å². The molecule has 0 spiro atoms. The quantitative estimate of drug-likeness (QED) is 0.563. The maximum Gasteiger partial charge on any atom is 0.255 e. The number of primary amides is 1. The van der Waals surface area contributed by atoms with E-state index >= 15 is 0 Å². The first-order valence-electron chi connectivity index (χ1n) is 11.3. The second kappa shape index (κ2) is 10.3. The van der Waals surface area contributed by atoms with Crippen molar-refractivity contribution in [3.05, 3.63) is 75.4 Å². The summed E-state index contributed by atoms with van der Waals surface area (Å²) >= 11 is 6.26. The van der Waals surface area contributed by atoms with Crippen LogP contribution in [0.25, 0.3) is 11.1 Å². The Morgan fingerprint density at radius 1 is 1.20 bits per heavy atom. The molecule has 9 nitrogen and oxygen atoms in total. The molecule has 10 heteroatoms. The number of carbonyl (C=O) groups is 2. The Labute approximate surface area is 208 Å². The van der Waals surface area contributed by atoms with Crippen LogP contribution in [0.2, 0.25) is 5.02 Å². The van der Waals surface area contributed by atoms with Crippen LogP contribution in [0.5, 0.6) is 0 Å². The van der Waals surface area contributed by atoms with E-state index in [4.69, 9.17) is 22.3 Å². The number of nitrogens with two attached hydrogens (primary N) is 1. The van der Waals surface area contributed by atoms with Gasteiger partial charge in [0.2, 0.25) is 11.9 Å². The average Bonchev–Trinajstić information content (AvgIpc) is 2.84. The summed E-state index contributed by atoms with van der Waals surface area (Å²) in [7, 11) is 3.73. The van der Waals surface area contributed by atoms with Crippen LogP contribution in [-0.4, -0.2) is 51.9 Å². The van der Waals surface area contributed by atoms with Crippen molar-refractivity contribution in [3.63, 3.8) is 0 Å². The molecule has 0 aliphatic carbocycles. The van der Waals surface area contributed by atoms with Gasteiger partial charge >= 0.3 is 0 Å². The molecule has 0 bridgehead atoms. The number of halogens is 1. The minimum atomic E-state index is -0.657. The zero-order valence-electron chi connectivity index (χ0n) is 19.6. The zero-order valence-corrected chi connectivity index (χ0v) is 20.4. The highest BCUT2D eigenvalue weighted by atomic mass is 35.5. The monoisotopic (exact) mass is 494 g/mol. The van der Waals surface area contributed by atoms with E-state index in [1.807, 2.05) is 37.2 Å². The molecule has 0 radical (unpaired) electrons. The van der Waals surface area contributed by atoms with Crippen molar-refractivity contribution in [2.24, 2.45) is 5.73 Å². The molecule has 1 aliphatic heterocycles. The molecule has 182 valence electrons. The van der Waals surface area contributed by atoms with E-state index in [2.05, 4.69) is 4.98 Å². The summed E-state index contributed by atoms with van der Waals surface area (Å²) < 4.78 is 1.15.